The van der Waals surface area contributed by atoms with Gasteiger partial charge in [-0.15, -0.1) is 0 Å². The lowest BCUT2D eigenvalue weighted by Gasteiger charge is -2.08. The number of nitrogens with two attached hydrogens (primary N) is 1. The van der Waals surface area contributed by atoms with E-state index in [1.165, 1.54) is 12.1 Å². The normalized spacial score (nSPS) is 10.3. The van der Waals surface area contributed by atoms with Gasteiger partial charge in [-0.05, 0) is 42.8 Å². The van der Waals surface area contributed by atoms with Crippen LogP contribution in [0.15, 0.2) is 40.9 Å². The maximum Gasteiger partial charge on any atom is 0.255 e. The number of hydrogen-bond acceptors (Lipinski definition) is 2. The highest BCUT2D eigenvalue weighted by molar-refractivity contribution is 9.10. The minimum atomic E-state index is -0.469. The Hall–Kier alpha value is -1.88. The number of halogens is 2. The summed E-state index contributed by atoms with van der Waals surface area (Å²) in [6, 6.07) is 9.25. The van der Waals surface area contributed by atoms with Crippen molar-refractivity contribution in [3.8, 4) is 0 Å². The van der Waals surface area contributed by atoms with Crippen LogP contribution in [0, 0.1) is 12.7 Å². The molecule has 3 N–H and O–H groups in total. The lowest BCUT2D eigenvalue weighted by molar-refractivity contribution is 0.102. The van der Waals surface area contributed by atoms with Crippen LogP contribution in [0.2, 0.25) is 0 Å². The predicted molar refractivity (Wildman–Crippen MR) is 77.6 cm³/mol. The van der Waals surface area contributed by atoms with Crippen molar-refractivity contribution in [2.45, 2.75) is 6.92 Å². The van der Waals surface area contributed by atoms with Gasteiger partial charge in [0.05, 0.1) is 0 Å². The second-order valence-electron chi connectivity index (χ2n) is 4.18. The van der Waals surface area contributed by atoms with Gasteiger partial charge >= 0.3 is 0 Å². The molecule has 0 aromatic heterocycles. The molecular weight excluding hydrogens is 311 g/mol. The largest absolute Gasteiger partial charge is 0.398 e. The molecule has 2 aromatic carbocycles. The fourth-order valence-corrected chi connectivity index (χ4v) is 2.07. The highest BCUT2D eigenvalue weighted by Crippen LogP contribution is 2.19. The van der Waals surface area contributed by atoms with Crippen molar-refractivity contribution >= 4 is 33.2 Å². The molecule has 0 spiro atoms. The average Bonchev–Trinajstić information content (AvgIpc) is 2.32. The van der Waals surface area contributed by atoms with Gasteiger partial charge < -0.3 is 11.1 Å². The van der Waals surface area contributed by atoms with Crippen molar-refractivity contribution in [1.29, 1.82) is 0 Å². The molecule has 0 aliphatic carbocycles. The molecule has 2 rings (SSSR count). The standard InChI is InChI=1S/C14H12BrFN2O/c1-8-2-3-12(7-13(8)17)18-14(19)9-4-10(15)6-11(16)5-9/h2-7H,17H2,1H3,(H,18,19). The molecule has 2 aromatic rings. The van der Waals surface area contributed by atoms with Crippen molar-refractivity contribution in [2.75, 3.05) is 11.1 Å². The van der Waals surface area contributed by atoms with E-state index in [-0.39, 0.29) is 11.5 Å². The fraction of sp³-hybridized carbons (Fsp3) is 0.0714. The zero-order valence-corrected chi connectivity index (χ0v) is 11.8. The minimum absolute atomic E-state index is 0.242. The number of anilines is 2. The van der Waals surface area contributed by atoms with Gasteiger partial charge in [-0.1, -0.05) is 22.0 Å². The third-order valence-corrected chi connectivity index (χ3v) is 3.12. The van der Waals surface area contributed by atoms with E-state index in [9.17, 15) is 9.18 Å². The number of nitrogens with one attached hydrogen (secondary N) is 1. The van der Waals surface area contributed by atoms with Crippen molar-refractivity contribution < 1.29 is 9.18 Å². The Labute approximate surface area is 118 Å². The highest BCUT2D eigenvalue weighted by atomic mass is 79.9. The Morgan fingerprint density at radius 2 is 2.00 bits per heavy atom. The molecule has 0 unspecified atom stereocenters. The van der Waals surface area contributed by atoms with E-state index in [2.05, 4.69) is 21.2 Å². The van der Waals surface area contributed by atoms with Gasteiger partial charge in [0.1, 0.15) is 5.82 Å². The molecule has 0 aliphatic heterocycles. The van der Waals surface area contributed by atoms with Crippen LogP contribution in [0.3, 0.4) is 0 Å². The van der Waals surface area contributed by atoms with E-state index in [1.54, 1.807) is 18.2 Å². The molecule has 0 atom stereocenters. The number of nitrogen functional groups attached to an aromatic ring is 1. The monoisotopic (exact) mass is 322 g/mol. The third kappa shape index (κ3) is 3.32. The molecule has 19 heavy (non-hydrogen) atoms. The number of carbonyl (C=O) groups is 1. The van der Waals surface area contributed by atoms with Crippen LogP contribution in [-0.4, -0.2) is 5.91 Å². The molecule has 1 amide bonds. The Bertz CT molecular complexity index is 623. The van der Waals surface area contributed by atoms with E-state index in [0.717, 1.165) is 5.56 Å². The molecule has 0 fully saturated rings. The Balaban J connectivity index is 2.22. The molecule has 3 nitrogen and oxygen atoms in total. The second-order valence-corrected chi connectivity index (χ2v) is 5.10. The summed E-state index contributed by atoms with van der Waals surface area (Å²) in [6.07, 6.45) is 0. The summed E-state index contributed by atoms with van der Waals surface area (Å²) in [6.45, 7) is 1.88. The lowest BCUT2D eigenvalue weighted by Crippen LogP contribution is -2.12. The van der Waals surface area contributed by atoms with E-state index in [4.69, 9.17) is 5.73 Å². The highest BCUT2D eigenvalue weighted by Gasteiger charge is 2.09. The Morgan fingerprint density at radius 3 is 2.63 bits per heavy atom. The van der Waals surface area contributed by atoms with Crippen LogP contribution < -0.4 is 11.1 Å². The van der Waals surface area contributed by atoms with Crippen molar-refractivity contribution in [1.82, 2.24) is 0 Å². The van der Waals surface area contributed by atoms with Gasteiger partial charge in [0.2, 0.25) is 0 Å². The quantitative estimate of drug-likeness (QED) is 0.828. The molecule has 98 valence electrons. The number of rotatable bonds is 2. The summed E-state index contributed by atoms with van der Waals surface area (Å²) in [4.78, 5) is 12.0. The summed E-state index contributed by atoms with van der Waals surface area (Å²) >= 11 is 3.15. The average molecular weight is 323 g/mol. The lowest BCUT2D eigenvalue weighted by atomic mass is 10.1. The zero-order valence-electron chi connectivity index (χ0n) is 10.2. The number of amides is 1. The van der Waals surface area contributed by atoms with E-state index >= 15 is 0 Å². The molecule has 0 saturated carbocycles. The van der Waals surface area contributed by atoms with Crippen molar-refractivity contribution in [3.05, 3.63) is 57.8 Å². The molecule has 0 saturated heterocycles. The summed E-state index contributed by atoms with van der Waals surface area (Å²) in [7, 11) is 0. The van der Waals surface area contributed by atoms with Gasteiger partial charge in [-0.3, -0.25) is 4.79 Å². The first-order valence-corrected chi connectivity index (χ1v) is 6.38. The van der Waals surface area contributed by atoms with Crippen LogP contribution in [-0.2, 0) is 0 Å². The number of aryl methyl sites for hydroxylation is 1. The predicted octanol–water partition coefficient (Wildman–Crippen LogP) is 3.73. The van der Waals surface area contributed by atoms with Crippen LogP contribution in [0.1, 0.15) is 15.9 Å². The van der Waals surface area contributed by atoms with Crippen LogP contribution in [0.4, 0.5) is 15.8 Å². The van der Waals surface area contributed by atoms with Crippen molar-refractivity contribution in [2.24, 2.45) is 0 Å². The molecule has 0 heterocycles. The smallest absolute Gasteiger partial charge is 0.255 e. The molecule has 5 heteroatoms. The van der Waals surface area contributed by atoms with Crippen molar-refractivity contribution in [3.63, 3.8) is 0 Å². The number of hydrogen-bond donors (Lipinski definition) is 2. The Kier molecular flexibility index (Phi) is 3.85. The van der Waals surface area contributed by atoms with E-state index < -0.39 is 5.82 Å². The molecule has 0 bridgehead atoms. The molecule has 0 radical (unpaired) electrons. The summed E-state index contributed by atoms with van der Waals surface area (Å²) in [5.41, 5.74) is 8.12. The van der Waals surface area contributed by atoms with Gasteiger partial charge in [0.25, 0.3) is 5.91 Å². The summed E-state index contributed by atoms with van der Waals surface area (Å²) in [5, 5.41) is 2.67. The van der Waals surface area contributed by atoms with Gasteiger partial charge in [-0.2, -0.15) is 0 Å². The van der Waals surface area contributed by atoms with Crippen LogP contribution in [0.5, 0.6) is 0 Å². The number of benzene rings is 2. The van der Waals surface area contributed by atoms with Gasteiger partial charge in [-0.25, -0.2) is 4.39 Å². The summed E-state index contributed by atoms with van der Waals surface area (Å²) in [5.74, 6) is -0.855. The maximum atomic E-state index is 13.2. The van der Waals surface area contributed by atoms with E-state index in [0.29, 0.717) is 15.8 Å². The minimum Gasteiger partial charge on any atom is -0.398 e. The van der Waals surface area contributed by atoms with Gasteiger partial charge in [0.15, 0.2) is 0 Å². The Morgan fingerprint density at radius 1 is 1.26 bits per heavy atom. The molecule has 0 aliphatic rings. The number of carbonyl (C=O) groups excluding carboxylic acids is 1. The topological polar surface area (TPSA) is 55.1 Å². The first-order valence-electron chi connectivity index (χ1n) is 5.59. The SMILES string of the molecule is Cc1ccc(NC(=O)c2cc(F)cc(Br)c2)cc1N. The van der Waals surface area contributed by atoms with E-state index in [1.807, 2.05) is 13.0 Å². The van der Waals surface area contributed by atoms with Crippen LogP contribution in [0.25, 0.3) is 0 Å². The first-order chi connectivity index (χ1) is 8.95. The maximum absolute atomic E-state index is 13.2. The van der Waals surface area contributed by atoms with Gasteiger partial charge in [0, 0.05) is 21.4 Å². The summed E-state index contributed by atoms with van der Waals surface area (Å²) < 4.78 is 13.7. The second kappa shape index (κ2) is 5.40. The first kappa shape index (κ1) is 13.5. The zero-order chi connectivity index (χ0) is 14.0. The third-order valence-electron chi connectivity index (χ3n) is 2.66. The fourth-order valence-electron chi connectivity index (χ4n) is 1.61. The van der Waals surface area contributed by atoms with Crippen LogP contribution >= 0.6 is 15.9 Å². The molecular formula is C14H12BrFN2O.